The Kier molecular flexibility index (Phi) is 7.36. The molecule has 0 aromatic rings. The molecule has 2 heterocycles. The molecule has 2 saturated heterocycles. The van der Waals surface area contributed by atoms with Crippen LogP contribution < -0.4 is 0 Å². The van der Waals surface area contributed by atoms with Gasteiger partial charge in [0, 0.05) is 5.92 Å². The highest BCUT2D eigenvalue weighted by Gasteiger charge is 2.73. The summed E-state index contributed by atoms with van der Waals surface area (Å²) in [5.74, 6) is -0.780. The second-order valence-electron chi connectivity index (χ2n) is 10.2. The normalized spacial score (nSPS) is 37.6. The van der Waals surface area contributed by atoms with Crippen molar-refractivity contribution in [2.24, 2.45) is 11.8 Å². The van der Waals surface area contributed by atoms with Gasteiger partial charge in [-0.25, -0.2) is 4.52 Å². The minimum absolute atomic E-state index is 0.0791. The van der Waals surface area contributed by atoms with E-state index in [2.05, 4.69) is 39.1 Å². The Hall–Kier alpha value is -0.520. The van der Waals surface area contributed by atoms with Crippen LogP contribution in [0.4, 0.5) is 0 Å². The lowest BCUT2D eigenvalue weighted by Gasteiger charge is -2.46. The van der Waals surface area contributed by atoms with Gasteiger partial charge < -0.3 is 19.8 Å². The number of carbonyl (C=O) groups excluding carboxylic acids is 1. The van der Waals surface area contributed by atoms with Crippen molar-refractivity contribution in [3.8, 4) is 0 Å². The zero-order valence-corrected chi connectivity index (χ0v) is 20.2. The highest BCUT2D eigenvalue weighted by Crippen LogP contribution is 2.54. The fraction of sp³-hybridized carbons (Fsp3) is 0.870. The molecule has 7 heteroatoms. The van der Waals surface area contributed by atoms with Crippen molar-refractivity contribution in [1.82, 2.24) is 4.90 Å². The van der Waals surface area contributed by atoms with Gasteiger partial charge >= 0.3 is 0 Å². The summed E-state index contributed by atoms with van der Waals surface area (Å²) in [6.07, 6.45) is 8.93. The number of hydrogen-bond donors (Lipinski definition) is 2. The number of unbranched alkanes of at least 4 members (excludes halogenated alkanes) is 1. The molecule has 6 nitrogen and oxygen atoms in total. The second-order valence-corrected chi connectivity index (χ2v) is 14.3. The Balaban J connectivity index is 1.92. The van der Waals surface area contributed by atoms with Gasteiger partial charge in [0.15, 0.2) is 0 Å². The lowest BCUT2D eigenvalue weighted by atomic mass is 9.68. The Labute approximate surface area is 182 Å². The van der Waals surface area contributed by atoms with E-state index in [1.807, 2.05) is 0 Å². The van der Waals surface area contributed by atoms with Crippen LogP contribution >= 0.6 is 7.49 Å². The average molecular weight is 443 g/mol. The molecule has 3 aliphatic rings. The Morgan fingerprint density at radius 3 is 2.70 bits per heavy atom. The minimum atomic E-state index is -1.43. The van der Waals surface area contributed by atoms with Gasteiger partial charge in [-0.2, -0.15) is 0 Å². The molecule has 2 aliphatic heterocycles. The smallest absolute Gasteiger partial charge is 0.231 e. The van der Waals surface area contributed by atoms with Gasteiger partial charge in [-0.3, -0.25) is 4.79 Å². The Bertz CT molecular complexity index is 646. The molecular weight excluding hydrogens is 401 g/mol. The van der Waals surface area contributed by atoms with E-state index in [0.29, 0.717) is 13.0 Å². The fourth-order valence-corrected chi connectivity index (χ4v) is 6.14. The van der Waals surface area contributed by atoms with Gasteiger partial charge in [-0.05, 0) is 45.4 Å². The van der Waals surface area contributed by atoms with Gasteiger partial charge in [-0.1, -0.05) is 25.5 Å². The minimum Gasteiger partial charge on any atom is -0.390 e. The van der Waals surface area contributed by atoms with Crippen LogP contribution in [0, 0.1) is 11.8 Å². The number of aliphatic hydroxyl groups excluding tert-OH is 1. The summed E-state index contributed by atoms with van der Waals surface area (Å²) < 4.78 is 12.1. The van der Waals surface area contributed by atoms with E-state index >= 15 is 0 Å². The van der Waals surface area contributed by atoms with Crippen molar-refractivity contribution >= 4 is 13.4 Å². The summed E-state index contributed by atoms with van der Waals surface area (Å²) in [5, 5.41) is 23.4. The number of carbonyl (C=O) groups is 1. The lowest BCUT2D eigenvalue weighted by Crippen LogP contribution is -2.66. The van der Waals surface area contributed by atoms with Crippen LogP contribution in [0.15, 0.2) is 12.2 Å². The maximum atomic E-state index is 13.6. The fourth-order valence-electron chi connectivity index (χ4n) is 5.49. The summed E-state index contributed by atoms with van der Waals surface area (Å²) in [5.41, 5.74) is -2.51. The summed E-state index contributed by atoms with van der Waals surface area (Å²) in [7, 11) is -1.43. The molecule has 3 rings (SSSR count). The number of hydrogen-bond acceptors (Lipinski definition) is 5. The average Bonchev–Trinajstić information content (AvgIpc) is 3.15. The van der Waals surface area contributed by atoms with Gasteiger partial charge in [0.1, 0.15) is 24.9 Å². The van der Waals surface area contributed by atoms with Crippen molar-refractivity contribution in [3.05, 3.63) is 12.2 Å². The quantitative estimate of drug-likeness (QED) is 0.423. The van der Waals surface area contributed by atoms with E-state index in [0.717, 1.165) is 38.5 Å². The molecule has 0 aromatic carbocycles. The maximum Gasteiger partial charge on any atom is 0.231 e. The van der Waals surface area contributed by atoms with Crippen LogP contribution in [0.2, 0.25) is 0 Å². The molecule has 0 spiro atoms. The zero-order chi connectivity index (χ0) is 22.2. The number of nitrogens with zero attached hydrogens (tertiary/aromatic N) is 1. The third-order valence-corrected chi connectivity index (χ3v) is 8.14. The first kappa shape index (κ1) is 24.1. The third-order valence-electron chi connectivity index (χ3n) is 7.18. The summed E-state index contributed by atoms with van der Waals surface area (Å²) in [6, 6.07) is 0. The first-order chi connectivity index (χ1) is 14.1. The van der Waals surface area contributed by atoms with Crippen LogP contribution in [0.25, 0.3) is 0 Å². The van der Waals surface area contributed by atoms with E-state index in [1.54, 1.807) is 11.8 Å². The molecule has 172 valence electrons. The number of fused-ring (bicyclic) bond motifs is 1. The molecule has 1 amide bonds. The highest BCUT2D eigenvalue weighted by atomic mass is 31.2. The third kappa shape index (κ3) is 4.23. The standard InChI is InChI=1S/C23H41NO5P/c1-6-7-13-19-24-21(26)18(14-15-29-30(3,4)5)22(2,27)23(24,16-28-19)20(25)17-11-9-8-10-12-17/h9,11,17-20,25,27H,6-8,10,12-16H2,1-5H3/q+1/t17-,18+,19+,20-,22+,23-/m1/s1. The number of rotatable bonds is 9. The lowest BCUT2D eigenvalue weighted by molar-refractivity contribution is -0.142. The molecule has 2 N–H and O–H groups in total. The number of allylic oxidation sites excluding steroid dienone is 1. The zero-order valence-electron chi connectivity index (χ0n) is 19.3. The summed E-state index contributed by atoms with van der Waals surface area (Å²) >= 11 is 0. The Morgan fingerprint density at radius 1 is 1.37 bits per heavy atom. The molecule has 30 heavy (non-hydrogen) atoms. The van der Waals surface area contributed by atoms with E-state index in [4.69, 9.17) is 9.26 Å². The predicted molar refractivity (Wildman–Crippen MR) is 121 cm³/mol. The van der Waals surface area contributed by atoms with Gasteiger partial charge in [0.05, 0.1) is 45.2 Å². The van der Waals surface area contributed by atoms with Gasteiger partial charge in [-0.15, -0.1) is 0 Å². The van der Waals surface area contributed by atoms with Gasteiger partial charge in [0.25, 0.3) is 0 Å². The predicted octanol–water partition coefficient (Wildman–Crippen LogP) is 3.43. The molecule has 0 radical (unpaired) electrons. The first-order valence-electron chi connectivity index (χ1n) is 11.5. The molecule has 0 unspecified atom stereocenters. The van der Waals surface area contributed by atoms with Crippen LogP contribution in [0.5, 0.6) is 0 Å². The monoisotopic (exact) mass is 442 g/mol. The van der Waals surface area contributed by atoms with Crippen molar-refractivity contribution in [1.29, 1.82) is 0 Å². The molecule has 1 aliphatic carbocycles. The van der Waals surface area contributed by atoms with Crippen LogP contribution in [-0.2, 0) is 14.1 Å². The van der Waals surface area contributed by atoms with E-state index in [-0.39, 0.29) is 24.7 Å². The number of ether oxygens (including phenoxy) is 1. The molecule has 6 atom stereocenters. The largest absolute Gasteiger partial charge is 0.390 e. The van der Waals surface area contributed by atoms with E-state index in [1.165, 1.54) is 0 Å². The maximum absolute atomic E-state index is 13.6. The van der Waals surface area contributed by atoms with Crippen LogP contribution in [-0.4, -0.2) is 77.7 Å². The van der Waals surface area contributed by atoms with Crippen molar-refractivity contribution < 1.29 is 24.3 Å². The topological polar surface area (TPSA) is 79.2 Å². The van der Waals surface area contributed by atoms with Crippen molar-refractivity contribution in [2.75, 3.05) is 33.2 Å². The van der Waals surface area contributed by atoms with E-state index < -0.39 is 30.7 Å². The SMILES string of the molecule is CCCC[C@@H]1OC[C@]2([C@H](O)[C@@H]3C=CCCC3)N1C(=O)[C@H](CCO[P+](C)(C)C)[C@]2(C)O. The van der Waals surface area contributed by atoms with Crippen LogP contribution in [0.1, 0.15) is 58.8 Å². The first-order valence-corrected chi connectivity index (χ1v) is 14.6. The molecule has 0 bridgehead atoms. The molecule has 0 saturated carbocycles. The van der Waals surface area contributed by atoms with Crippen LogP contribution in [0.3, 0.4) is 0 Å². The van der Waals surface area contributed by atoms with E-state index in [9.17, 15) is 15.0 Å². The summed E-state index contributed by atoms with van der Waals surface area (Å²) in [4.78, 5) is 15.4. The number of aliphatic hydroxyl groups is 2. The summed E-state index contributed by atoms with van der Waals surface area (Å²) in [6.45, 7) is 10.7. The Morgan fingerprint density at radius 2 is 2.10 bits per heavy atom. The molecule has 0 aromatic heterocycles. The van der Waals surface area contributed by atoms with Crippen molar-refractivity contribution in [3.63, 3.8) is 0 Å². The van der Waals surface area contributed by atoms with Gasteiger partial charge in [0.2, 0.25) is 5.91 Å². The molecular formula is C23H41NO5P+. The second kappa shape index (κ2) is 9.15. The molecule has 2 fully saturated rings. The number of amides is 1. The highest BCUT2D eigenvalue weighted by molar-refractivity contribution is 7.69. The van der Waals surface area contributed by atoms with Crippen molar-refractivity contribution in [2.45, 2.75) is 82.3 Å².